The van der Waals surface area contributed by atoms with Crippen LogP contribution in [0, 0.1) is 5.92 Å². The van der Waals surface area contributed by atoms with E-state index in [9.17, 15) is 0 Å². The number of nitrogens with one attached hydrogen (secondary N) is 1. The molecule has 1 atom stereocenters. The molecule has 11 heavy (non-hydrogen) atoms. The second kappa shape index (κ2) is 5.59. The molecule has 0 aromatic heterocycles. The first-order chi connectivity index (χ1) is 5.02. The van der Waals surface area contributed by atoms with Crippen molar-refractivity contribution in [2.75, 3.05) is 0 Å². The molecule has 0 spiro atoms. The van der Waals surface area contributed by atoms with Crippen LogP contribution in [0.3, 0.4) is 0 Å². The number of hydrogen-bond donors (Lipinski definition) is 1. The summed E-state index contributed by atoms with van der Waals surface area (Å²) in [5.74, 6) is 0.839. The zero-order valence-corrected chi connectivity index (χ0v) is 8.65. The highest BCUT2D eigenvalue weighted by atomic mass is 14.9. The molecule has 0 bridgehead atoms. The molecule has 0 radical (unpaired) electrons. The fourth-order valence-corrected chi connectivity index (χ4v) is 1.24. The maximum atomic E-state index is 3.50. The normalized spacial score (nSPS) is 14.5. The third kappa shape index (κ3) is 7.86. The summed E-state index contributed by atoms with van der Waals surface area (Å²) in [7, 11) is 0. The highest BCUT2D eigenvalue weighted by Crippen LogP contribution is 2.06. The quantitative estimate of drug-likeness (QED) is 0.647. The van der Waals surface area contributed by atoms with Gasteiger partial charge in [0.15, 0.2) is 0 Å². The van der Waals surface area contributed by atoms with E-state index in [2.05, 4.69) is 39.9 Å². The molecule has 0 aromatic carbocycles. The van der Waals surface area contributed by atoms with E-state index in [1.165, 1.54) is 12.8 Å². The van der Waals surface area contributed by atoms with Crippen LogP contribution in [0.4, 0.5) is 0 Å². The Bertz CT molecular complexity index is 86.9. The van der Waals surface area contributed by atoms with Crippen LogP contribution in [0.15, 0.2) is 0 Å². The Morgan fingerprint density at radius 1 is 0.909 bits per heavy atom. The average Bonchev–Trinajstić information content (AvgIpc) is 1.82. The van der Waals surface area contributed by atoms with Crippen LogP contribution in [-0.2, 0) is 0 Å². The van der Waals surface area contributed by atoms with Gasteiger partial charge in [0.2, 0.25) is 0 Å². The van der Waals surface area contributed by atoms with Crippen LogP contribution >= 0.6 is 0 Å². The largest absolute Gasteiger partial charge is 0.312 e. The van der Waals surface area contributed by atoms with Gasteiger partial charge in [0, 0.05) is 12.1 Å². The lowest BCUT2D eigenvalue weighted by Crippen LogP contribution is -2.32. The van der Waals surface area contributed by atoms with E-state index in [1.807, 2.05) is 0 Å². The number of rotatable bonds is 5. The van der Waals surface area contributed by atoms with Crippen molar-refractivity contribution in [3.63, 3.8) is 0 Å². The van der Waals surface area contributed by atoms with E-state index < -0.39 is 0 Å². The zero-order chi connectivity index (χ0) is 8.85. The summed E-state index contributed by atoms with van der Waals surface area (Å²) >= 11 is 0. The molecule has 0 aliphatic rings. The van der Waals surface area contributed by atoms with Gasteiger partial charge in [-0.3, -0.25) is 0 Å². The molecule has 1 unspecified atom stereocenters. The van der Waals surface area contributed by atoms with Gasteiger partial charge in [0.25, 0.3) is 0 Å². The van der Waals surface area contributed by atoms with Crippen molar-refractivity contribution in [2.45, 2.75) is 59.5 Å². The second-order valence-corrected chi connectivity index (χ2v) is 4.19. The third-order valence-electron chi connectivity index (χ3n) is 1.79. The van der Waals surface area contributed by atoms with Crippen LogP contribution < -0.4 is 5.32 Å². The summed E-state index contributed by atoms with van der Waals surface area (Å²) < 4.78 is 0. The van der Waals surface area contributed by atoms with E-state index in [0.717, 1.165) is 5.92 Å². The van der Waals surface area contributed by atoms with E-state index in [4.69, 9.17) is 0 Å². The summed E-state index contributed by atoms with van der Waals surface area (Å²) in [6.07, 6.45) is 2.64. The van der Waals surface area contributed by atoms with Crippen molar-refractivity contribution >= 4 is 0 Å². The van der Waals surface area contributed by atoms with Crippen molar-refractivity contribution in [1.82, 2.24) is 5.32 Å². The Kier molecular flexibility index (Phi) is 5.57. The molecule has 1 heteroatoms. The molecule has 1 N–H and O–H groups in total. The fraction of sp³-hybridized carbons (Fsp3) is 1.00. The zero-order valence-electron chi connectivity index (χ0n) is 8.65. The molecule has 0 saturated heterocycles. The molecule has 0 heterocycles. The molecule has 68 valence electrons. The first-order valence-corrected chi connectivity index (χ1v) is 4.78. The van der Waals surface area contributed by atoms with Gasteiger partial charge >= 0.3 is 0 Å². The van der Waals surface area contributed by atoms with Gasteiger partial charge in [-0.05, 0) is 25.7 Å². The monoisotopic (exact) mass is 157 g/mol. The molecule has 0 aliphatic carbocycles. The molecule has 0 aromatic rings. The molecule has 0 rings (SSSR count). The van der Waals surface area contributed by atoms with Crippen molar-refractivity contribution in [2.24, 2.45) is 5.92 Å². The topological polar surface area (TPSA) is 12.0 Å². The van der Waals surface area contributed by atoms with Crippen molar-refractivity contribution in [3.8, 4) is 0 Å². The van der Waals surface area contributed by atoms with Crippen LogP contribution in [-0.4, -0.2) is 12.1 Å². The average molecular weight is 157 g/mol. The molecule has 1 nitrogen and oxygen atoms in total. The van der Waals surface area contributed by atoms with Gasteiger partial charge in [-0.1, -0.05) is 27.7 Å². The maximum Gasteiger partial charge on any atom is 0.00411 e. The van der Waals surface area contributed by atoms with Gasteiger partial charge < -0.3 is 5.32 Å². The molecular formula is C10H23N. The van der Waals surface area contributed by atoms with E-state index in [-0.39, 0.29) is 0 Å². The minimum atomic E-state index is 0.622. The summed E-state index contributed by atoms with van der Waals surface area (Å²) in [6.45, 7) is 11.2. The maximum absolute atomic E-state index is 3.50. The standard InChI is InChI=1S/C10H23N/c1-8(2)6-7-10(5)11-9(3)4/h8-11H,6-7H2,1-5H3. The van der Waals surface area contributed by atoms with E-state index in [0.29, 0.717) is 12.1 Å². The fourth-order valence-electron chi connectivity index (χ4n) is 1.24. The Morgan fingerprint density at radius 2 is 1.45 bits per heavy atom. The summed E-state index contributed by atoms with van der Waals surface area (Å²) in [5.41, 5.74) is 0. The smallest absolute Gasteiger partial charge is 0.00411 e. The first-order valence-electron chi connectivity index (χ1n) is 4.78. The minimum absolute atomic E-state index is 0.622. The Labute approximate surface area is 71.6 Å². The van der Waals surface area contributed by atoms with Crippen LogP contribution in [0.1, 0.15) is 47.5 Å². The minimum Gasteiger partial charge on any atom is -0.312 e. The van der Waals surface area contributed by atoms with Crippen LogP contribution in [0.2, 0.25) is 0 Å². The van der Waals surface area contributed by atoms with Crippen molar-refractivity contribution in [1.29, 1.82) is 0 Å². The summed E-state index contributed by atoms with van der Waals surface area (Å²) in [5, 5.41) is 3.50. The SMILES string of the molecule is CC(C)CCC(C)NC(C)C. The van der Waals surface area contributed by atoms with Crippen LogP contribution in [0.25, 0.3) is 0 Å². The second-order valence-electron chi connectivity index (χ2n) is 4.19. The first kappa shape index (κ1) is 11.0. The van der Waals surface area contributed by atoms with Crippen LogP contribution in [0.5, 0.6) is 0 Å². The highest BCUT2D eigenvalue weighted by Gasteiger charge is 2.03. The van der Waals surface area contributed by atoms with Crippen molar-refractivity contribution in [3.05, 3.63) is 0 Å². The Morgan fingerprint density at radius 3 is 1.82 bits per heavy atom. The lowest BCUT2D eigenvalue weighted by molar-refractivity contribution is 0.423. The molecule has 0 saturated carbocycles. The Hall–Kier alpha value is -0.0400. The third-order valence-corrected chi connectivity index (χ3v) is 1.79. The van der Waals surface area contributed by atoms with Crippen molar-refractivity contribution < 1.29 is 0 Å². The van der Waals surface area contributed by atoms with E-state index >= 15 is 0 Å². The predicted molar refractivity (Wildman–Crippen MR) is 51.8 cm³/mol. The lowest BCUT2D eigenvalue weighted by atomic mass is 10.0. The molecule has 0 aliphatic heterocycles. The van der Waals surface area contributed by atoms with Gasteiger partial charge in [0.05, 0.1) is 0 Å². The number of hydrogen-bond acceptors (Lipinski definition) is 1. The lowest BCUT2D eigenvalue weighted by Gasteiger charge is -2.17. The predicted octanol–water partition coefficient (Wildman–Crippen LogP) is 2.81. The van der Waals surface area contributed by atoms with Gasteiger partial charge in [-0.2, -0.15) is 0 Å². The highest BCUT2D eigenvalue weighted by molar-refractivity contribution is 4.64. The molecule has 0 amide bonds. The Balaban J connectivity index is 3.29. The molecular weight excluding hydrogens is 134 g/mol. The van der Waals surface area contributed by atoms with Gasteiger partial charge in [0.1, 0.15) is 0 Å². The van der Waals surface area contributed by atoms with Gasteiger partial charge in [-0.25, -0.2) is 0 Å². The van der Waals surface area contributed by atoms with E-state index in [1.54, 1.807) is 0 Å². The summed E-state index contributed by atoms with van der Waals surface area (Å²) in [6, 6.07) is 1.30. The van der Waals surface area contributed by atoms with Gasteiger partial charge in [-0.15, -0.1) is 0 Å². The summed E-state index contributed by atoms with van der Waals surface area (Å²) in [4.78, 5) is 0. The molecule has 0 fully saturated rings.